The van der Waals surface area contributed by atoms with Gasteiger partial charge in [0.2, 0.25) is 5.91 Å². The molecule has 0 aromatic heterocycles. The molecule has 25 heavy (non-hydrogen) atoms. The first-order valence-electron chi connectivity index (χ1n) is 8.58. The number of benzene rings is 2. The fourth-order valence-electron chi connectivity index (χ4n) is 3.26. The maximum Gasteiger partial charge on any atom is 0.258 e. The highest BCUT2D eigenvalue weighted by Crippen LogP contribution is 2.33. The number of nitrogens with one attached hydrogen (secondary N) is 1. The van der Waals surface area contributed by atoms with E-state index in [2.05, 4.69) is 5.32 Å². The van der Waals surface area contributed by atoms with Crippen LogP contribution in [-0.2, 0) is 17.8 Å². The fourth-order valence-corrected chi connectivity index (χ4v) is 3.26. The van der Waals surface area contributed by atoms with Crippen molar-refractivity contribution in [2.75, 3.05) is 11.9 Å². The van der Waals surface area contributed by atoms with Crippen LogP contribution in [0.15, 0.2) is 42.5 Å². The van der Waals surface area contributed by atoms with E-state index in [1.807, 2.05) is 23.1 Å². The number of carbonyl (C=O) groups excluding carboxylic acids is 2. The van der Waals surface area contributed by atoms with Gasteiger partial charge in [-0.3, -0.25) is 9.59 Å². The van der Waals surface area contributed by atoms with Crippen LogP contribution in [-0.4, -0.2) is 23.3 Å². The molecule has 1 fully saturated rings. The van der Waals surface area contributed by atoms with Gasteiger partial charge in [0.1, 0.15) is 5.82 Å². The highest BCUT2D eigenvalue weighted by atomic mass is 19.1. The van der Waals surface area contributed by atoms with Crippen molar-refractivity contribution in [1.29, 1.82) is 0 Å². The van der Waals surface area contributed by atoms with Crippen molar-refractivity contribution in [2.45, 2.75) is 25.8 Å². The van der Waals surface area contributed by atoms with E-state index in [1.165, 1.54) is 17.7 Å². The minimum absolute atomic E-state index is 0.0192. The molecule has 0 unspecified atom stereocenters. The number of hydrogen-bond donors (Lipinski definition) is 1. The predicted octanol–water partition coefficient (Wildman–Crippen LogP) is 3.37. The van der Waals surface area contributed by atoms with Crippen LogP contribution >= 0.6 is 0 Å². The third-order valence-electron chi connectivity index (χ3n) is 4.83. The lowest BCUT2D eigenvalue weighted by Gasteiger charge is -2.29. The van der Waals surface area contributed by atoms with Crippen LogP contribution in [0, 0.1) is 11.7 Å². The largest absolute Gasteiger partial charge is 0.338 e. The number of rotatable bonds is 3. The van der Waals surface area contributed by atoms with E-state index in [1.54, 1.807) is 12.1 Å². The van der Waals surface area contributed by atoms with Gasteiger partial charge in [-0.15, -0.1) is 0 Å². The Bertz CT molecular complexity index is 845. The van der Waals surface area contributed by atoms with Crippen molar-refractivity contribution in [2.24, 2.45) is 5.92 Å². The molecule has 0 bridgehead atoms. The zero-order valence-electron chi connectivity index (χ0n) is 13.8. The monoisotopic (exact) mass is 338 g/mol. The average Bonchev–Trinajstić information content (AvgIpc) is 3.46. The van der Waals surface area contributed by atoms with Gasteiger partial charge in [-0.2, -0.15) is 0 Å². The van der Waals surface area contributed by atoms with Gasteiger partial charge >= 0.3 is 0 Å². The number of halogens is 1. The van der Waals surface area contributed by atoms with Gasteiger partial charge in [0.25, 0.3) is 5.91 Å². The molecule has 2 aromatic carbocycles. The smallest absolute Gasteiger partial charge is 0.258 e. The second-order valence-electron chi connectivity index (χ2n) is 6.70. The molecule has 0 saturated heterocycles. The Morgan fingerprint density at radius 2 is 1.88 bits per heavy atom. The van der Waals surface area contributed by atoms with Crippen molar-refractivity contribution < 1.29 is 14.0 Å². The molecule has 1 aliphatic carbocycles. The minimum Gasteiger partial charge on any atom is -0.338 e. The Morgan fingerprint density at radius 3 is 2.64 bits per heavy atom. The standard InChI is InChI=1S/C20H19FN2O2/c21-18-4-2-1-3-17(18)19(24)22-16-8-7-13-9-10-23(12-15(13)11-16)20(25)14-5-6-14/h1-4,7-8,11,14H,5-6,9-10,12H2,(H,22,24). The number of carbonyl (C=O) groups is 2. The molecule has 128 valence electrons. The summed E-state index contributed by atoms with van der Waals surface area (Å²) in [6.07, 6.45) is 2.83. The second kappa shape index (κ2) is 6.31. The van der Waals surface area contributed by atoms with Gasteiger partial charge in [0, 0.05) is 24.7 Å². The molecule has 1 heterocycles. The van der Waals surface area contributed by atoms with Gasteiger partial charge < -0.3 is 10.2 Å². The lowest BCUT2D eigenvalue weighted by atomic mass is 9.98. The molecule has 2 aromatic rings. The summed E-state index contributed by atoms with van der Waals surface area (Å²) in [7, 11) is 0. The van der Waals surface area contributed by atoms with E-state index in [9.17, 15) is 14.0 Å². The lowest BCUT2D eigenvalue weighted by Crippen LogP contribution is -2.36. The van der Waals surface area contributed by atoms with Crippen molar-refractivity contribution in [3.05, 3.63) is 65.0 Å². The van der Waals surface area contributed by atoms with E-state index in [0.29, 0.717) is 12.2 Å². The molecule has 1 aliphatic heterocycles. The number of amides is 2. The number of nitrogens with zero attached hydrogens (tertiary/aromatic N) is 1. The molecule has 0 atom stereocenters. The van der Waals surface area contributed by atoms with Gasteiger partial charge in [-0.25, -0.2) is 4.39 Å². The molecule has 0 radical (unpaired) electrons. The van der Waals surface area contributed by atoms with Crippen molar-refractivity contribution in [3.8, 4) is 0 Å². The van der Waals surface area contributed by atoms with E-state index >= 15 is 0 Å². The van der Waals surface area contributed by atoms with E-state index in [0.717, 1.165) is 31.4 Å². The zero-order chi connectivity index (χ0) is 17.4. The Labute approximate surface area is 145 Å². The summed E-state index contributed by atoms with van der Waals surface area (Å²) in [5.41, 5.74) is 2.88. The molecule has 2 aliphatic rings. The normalized spacial score (nSPS) is 16.3. The van der Waals surface area contributed by atoms with Crippen LogP contribution in [0.4, 0.5) is 10.1 Å². The van der Waals surface area contributed by atoms with Crippen molar-refractivity contribution in [3.63, 3.8) is 0 Å². The average molecular weight is 338 g/mol. The summed E-state index contributed by atoms with van der Waals surface area (Å²) < 4.78 is 13.7. The van der Waals surface area contributed by atoms with Gasteiger partial charge in [0.15, 0.2) is 0 Å². The SMILES string of the molecule is O=C(Nc1ccc2c(c1)CN(C(=O)C1CC1)CC2)c1ccccc1F. The summed E-state index contributed by atoms with van der Waals surface area (Å²) in [6.45, 7) is 1.33. The maximum absolute atomic E-state index is 13.7. The molecular formula is C20H19FN2O2. The Morgan fingerprint density at radius 1 is 1.08 bits per heavy atom. The molecule has 1 N–H and O–H groups in total. The summed E-state index contributed by atoms with van der Waals surface area (Å²) >= 11 is 0. The highest BCUT2D eigenvalue weighted by molar-refractivity contribution is 6.04. The van der Waals surface area contributed by atoms with Crippen LogP contribution in [0.3, 0.4) is 0 Å². The van der Waals surface area contributed by atoms with E-state index < -0.39 is 11.7 Å². The van der Waals surface area contributed by atoms with Crippen LogP contribution in [0.25, 0.3) is 0 Å². The minimum atomic E-state index is -0.542. The van der Waals surface area contributed by atoms with Crippen LogP contribution in [0.5, 0.6) is 0 Å². The summed E-state index contributed by atoms with van der Waals surface area (Å²) in [4.78, 5) is 26.4. The summed E-state index contributed by atoms with van der Waals surface area (Å²) in [6, 6.07) is 11.6. The fraction of sp³-hybridized carbons (Fsp3) is 0.300. The molecule has 4 rings (SSSR count). The predicted molar refractivity (Wildman–Crippen MR) is 92.6 cm³/mol. The Balaban J connectivity index is 1.51. The van der Waals surface area contributed by atoms with Gasteiger partial charge in [0.05, 0.1) is 5.56 Å². The third kappa shape index (κ3) is 3.27. The summed E-state index contributed by atoms with van der Waals surface area (Å²) in [5, 5.41) is 2.75. The van der Waals surface area contributed by atoms with E-state index in [-0.39, 0.29) is 17.4 Å². The molecule has 2 amide bonds. The molecule has 5 heteroatoms. The first-order chi connectivity index (χ1) is 12.1. The van der Waals surface area contributed by atoms with Gasteiger partial charge in [-0.05, 0) is 54.7 Å². The van der Waals surface area contributed by atoms with Crippen LogP contribution in [0.2, 0.25) is 0 Å². The first kappa shape index (κ1) is 15.8. The van der Waals surface area contributed by atoms with Crippen LogP contribution in [0.1, 0.15) is 34.3 Å². The number of fused-ring (bicyclic) bond motifs is 1. The van der Waals surface area contributed by atoms with Crippen molar-refractivity contribution in [1.82, 2.24) is 4.90 Å². The Kier molecular flexibility index (Phi) is 3.99. The Hall–Kier alpha value is -2.69. The second-order valence-corrected chi connectivity index (χ2v) is 6.70. The quantitative estimate of drug-likeness (QED) is 0.933. The highest BCUT2D eigenvalue weighted by Gasteiger charge is 2.34. The first-order valence-corrected chi connectivity index (χ1v) is 8.58. The van der Waals surface area contributed by atoms with E-state index in [4.69, 9.17) is 0 Å². The zero-order valence-corrected chi connectivity index (χ0v) is 13.8. The molecule has 0 spiro atoms. The maximum atomic E-state index is 13.7. The lowest BCUT2D eigenvalue weighted by molar-refractivity contribution is -0.133. The summed E-state index contributed by atoms with van der Waals surface area (Å²) in [5.74, 6) is -0.559. The molecular weight excluding hydrogens is 319 g/mol. The molecule has 4 nitrogen and oxygen atoms in total. The van der Waals surface area contributed by atoms with Crippen molar-refractivity contribution >= 4 is 17.5 Å². The van der Waals surface area contributed by atoms with Gasteiger partial charge in [-0.1, -0.05) is 18.2 Å². The number of anilines is 1. The third-order valence-corrected chi connectivity index (χ3v) is 4.83. The number of hydrogen-bond acceptors (Lipinski definition) is 2. The topological polar surface area (TPSA) is 49.4 Å². The van der Waals surface area contributed by atoms with Crippen LogP contribution < -0.4 is 5.32 Å². The molecule has 1 saturated carbocycles.